The second-order valence-electron chi connectivity index (χ2n) is 4.66. The van der Waals surface area contributed by atoms with Crippen LogP contribution < -0.4 is 5.32 Å². The number of rotatable bonds is 3. The van der Waals surface area contributed by atoms with Gasteiger partial charge in [-0.15, -0.1) is 0 Å². The standard InChI is InChI=1S/C14H14N2O2S/c17-19(18)7-5-13(10-19)16-9-12-3-1-2-11-8-15-6-4-14(11)12/h1-8,13,16H,9-10H2. The van der Waals surface area contributed by atoms with Crippen LogP contribution in [0.3, 0.4) is 0 Å². The van der Waals surface area contributed by atoms with E-state index in [1.54, 1.807) is 12.3 Å². The van der Waals surface area contributed by atoms with Crippen LogP contribution in [0.4, 0.5) is 0 Å². The Bertz CT molecular complexity index is 733. The predicted molar refractivity (Wildman–Crippen MR) is 75.3 cm³/mol. The van der Waals surface area contributed by atoms with Crippen molar-refractivity contribution in [3.05, 3.63) is 53.7 Å². The Balaban J connectivity index is 1.78. The van der Waals surface area contributed by atoms with E-state index >= 15 is 0 Å². The van der Waals surface area contributed by atoms with Crippen molar-refractivity contribution in [3.63, 3.8) is 0 Å². The van der Waals surface area contributed by atoms with Gasteiger partial charge in [0.05, 0.1) is 5.75 Å². The number of pyridine rings is 1. The van der Waals surface area contributed by atoms with Gasteiger partial charge < -0.3 is 5.32 Å². The molecule has 3 rings (SSSR count). The normalized spacial score (nSPS) is 20.9. The van der Waals surface area contributed by atoms with Gasteiger partial charge in [0.25, 0.3) is 0 Å². The SMILES string of the molecule is O=S1(=O)C=CC(NCc2cccc3cnccc23)C1. The minimum Gasteiger partial charge on any atom is -0.305 e. The Labute approximate surface area is 112 Å². The Morgan fingerprint density at radius 3 is 3.00 bits per heavy atom. The molecule has 5 heteroatoms. The monoisotopic (exact) mass is 274 g/mol. The maximum absolute atomic E-state index is 11.3. The zero-order chi connectivity index (χ0) is 13.3. The third-order valence-electron chi connectivity index (χ3n) is 3.26. The first-order valence-corrected chi connectivity index (χ1v) is 7.81. The van der Waals surface area contributed by atoms with Gasteiger partial charge in [-0.1, -0.05) is 24.3 Å². The molecule has 0 fully saturated rings. The fraction of sp³-hybridized carbons (Fsp3) is 0.214. The first kappa shape index (κ1) is 12.3. The molecule has 2 aromatic rings. The molecule has 0 saturated carbocycles. The van der Waals surface area contributed by atoms with Gasteiger partial charge in [0.1, 0.15) is 0 Å². The van der Waals surface area contributed by atoms with E-state index < -0.39 is 9.84 Å². The van der Waals surface area contributed by atoms with Gasteiger partial charge in [-0.3, -0.25) is 4.98 Å². The highest BCUT2D eigenvalue weighted by atomic mass is 32.2. The summed E-state index contributed by atoms with van der Waals surface area (Å²) in [5, 5.41) is 6.79. The van der Waals surface area contributed by atoms with Gasteiger partial charge in [-0.25, -0.2) is 8.42 Å². The molecule has 2 heterocycles. The molecule has 1 N–H and O–H groups in total. The number of nitrogens with zero attached hydrogens (tertiary/aromatic N) is 1. The van der Waals surface area contributed by atoms with Crippen LogP contribution in [0.2, 0.25) is 0 Å². The molecule has 1 aliphatic heterocycles. The van der Waals surface area contributed by atoms with E-state index in [0.717, 1.165) is 16.3 Å². The third-order valence-corrected chi connectivity index (χ3v) is 4.65. The fourth-order valence-corrected chi connectivity index (χ4v) is 3.56. The molecule has 0 radical (unpaired) electrons. The van der Waals surface area contributed by atoms with Crippen LogP contribution in [0.15, 0.2) is 48.1 Å². The van der Waals surface area contributed by atoms with Crippen molar-refractivity contribution in [2.75, 3.05) is 5.75 Å². The van der Waals surface area contributed by atoms with Crippen LogP contribution in [0.1, 0.15) is 5.56 Å². The van der Waals surface area contributed by atoms with Crippen molar-refractivity contribution in [3.8, 4) is 0 Å². The minimum atomic E-state index is -3.00. The molecular formula is C14H14N2O2S. The van der Waals surface area contributed by atoms with E-state index in [9.17, 15) is 8.42 Å². The average Bonchev–Trinajstić information content (AvgIpc) is 2.76. The van der Waals surface area contributed by atoms with Gasteiger partial charge in [-0.05, 0) is 17.0 Å². The van der Waals surface area contributed by atoms with Gasteiger partial charge >= 0.3 is 0 Å². The number of hydrogen-bond donors (Lipinski definition) is 1. The molecular weight excluding hydrogens is 260 g/mol. The van der Waals surface area contributed by atoms with Crippen molar-refractivity contribution in [1.82, 2.24) is 10.3 Å². The second-order valence-corrected chi connectivity index (χ2v) is 6.59. The molecule has 0 bridgehead atoms. The zero-order valence-corrected chi connectivity index (χ0v) is 11.1. The van der Waals surface area contributed by atoms with Crippen LogP contribution >= 0.6 is 0 Å². The molecule has 1 unspecified atom stereocenters. The molecule has 1 aromatic carbocycles. The van der Waals surface area contributed by atoms with Gasteiger partial charge in [0.15, 0.2) is 9.84 Å². The van der Waals surface area contributed by atoms with E-state index in [4.69, 9.17) is 0 Å². The van der Waals surface area contributed by atoms with Crippen LogP contribution in [-0.2, 0) is 16.4 Å². The Morgan fingerprint density at radius 1 is 1.32 bits per heavy atom. The summed E-state index contributed by atoms with van der Waals surface area (Å²) >= 11 is 0. The summed E-state index contributed by atoms with van der Waals surface area (Å²) in [5.74, 6) is 0.152. The molecule has 0 amide bonds. The Morgan fingerprint density at radius 2 is 2.21 bits per heavy atom. The lowest BCUT2D eigenvalue weighted by Gasteiger charge is -2.11. The lowest BCUT2D eigenvalue weighted by molar-refractivity contribution is 0.591. The summed E-state index contributed by atoms with van der Waals surface area (Å²) in [4.78, 5) is 4.10. The second kappa shape index (κ2) is 4.75. The summed E-state index contributed by atoms with van der Waals surface area (Å²) in [7, 11) is -3.00. The van der Waals surface area contributed by atoms with E-state index in [1.807, 2.05) is 30.5 Å². The summed E-state index contributed by atoms with van der Waals surface area (Å²) in [6.45, 7) is 0.645. The molecule has 0 saturated heterocycles. The van der Waals surface area contributed by atoms with E-state index in [2.05, 4.69) is 10.3 Å². The highest BCUT2D eigenvalue weighted by molar-refractivity contribution is 7.94. The molecule has 1 aliphatic rings. The van der Waals surface area contributed by atoms with Crippen molar-refractivity contribution in [2.45, 2.75) is 12.6 Å². The fourth-order valence-electron chi connectivity index (χ4n) is 2.29. The maximum Gasteiger partial charge on any atom is 0.173 e. The van der Waals surface area contributed by atoms with Gasteiger partial charge in [0, 0.05) is 35.8 Å². The summed E-state index contributed by atoms with van der Waals surface area (Å²) in [5.41, 5.74) is 1.15. The first-order chi connectivity index (χ1) is 9.14. The Hall–Kier alpha value is -1.72. The topological polar surface area (TPSA) is 59.1 Å². The highest BCUT2D eigenvalue weighted by Gasteiger charge is 2.20. The molecule has 4 nitrogen and oxygen atoms in total. The summed E-state index contributed by atoms with van der Waals surface area (Å²) < 4.78 is 22.7. The van der Waals surface area contributed by atoms with Gasteiger partial charge in [0.2, 0.25) is 0 Å². The number of aromatic nitrogens is 1. The zero-order valence-electron chi connectivity index (χ0n) is 10.3. The average molecular weight is 274 g/mol. The van der Waals surface area contributed by atoms with Crippen molar-refractivity contribution in [1.29, 1.82) is 0 Å². The quantitative estimate of drug-likeness (QED) is 0.924. The highest BCUT2D eigenvalue weighted by Crippen LogP contribution is 2.18. The molecule has 1 atom stereocenters. The van der Waals surface area contributed by atoms with Crippen LogP contribution in [0.5, 0.6) is 0 Å². The minimum absolute atomic E-state index is 0.0953. The summed E-state index contributed by atoms with van der Waals surface area (Å²) in [6, 6.07) is 7.94. The van der Waals surface area contributed by atoms with E-state index in [-0.39, 0.29) is 11.8 Å². The molecule has 0 aliphatic carbocycles. The van der Waals surface area contributed by atoms with Crippen molar-refractivity contribution < 1.29 is 8.42 Å². The largest absolute Gasteiger partial charge is 0.305 e. The number of hydrogen-bond acceptors (Lipinski definition) is 4. The van der Waals surface area contributed by atoms with Crippen LogP contribution in [-0.4, -0.2) is 25.2 Å². The van der Waals surface area contributed by atoms with E-state index in [1.165, 1.54) is 5.41 Å². The van der Waals surface area contributed by atoms with E-state index in [0.29, 0.717) is 6.54 Å². The maximum atomic E-state index is 11.3. The molecule has 1 aromatic heterocycles. The lowest BCUT2D eigenvalue weighted by Crippen LogP contribution is -2.29. The number of fused-ring (bicyclic) bond motifs is 1. The summed E-state index contributed by atoms with van der Waals surface area (Å²) in [6.07, 6.45) is 5.31. The first-order valence-electron chi connectivity index (χ1n) is 6.10. The Kier molecular flexibility index (Phi) is 3.08. The van der Waals surface area contributed by atoms with Crippen molar-refractivity contribution in [2.24, 2.45) is 0 Å². The molecule has 19 heavy (non-hydrogen) atoms. The lowest BCUT2D eigenvalue weighted by atomic mass is 10.1. The van der Waals surface area contributed by atoms with Crippen LogP contribution in [0.25, 0.3) is 10.8 Å². The number of nitrogens with one attached hydrogen (secondary N) is 1. The smallest absolute Gasteiger partial charge is 0.173 e. The van der Waals surface area contributed by atoms with Gasteiger partial charge in [-0.2, -0.15) is 0 Å². The third kappa shape index (κ3) is 2.67. The number of benzene rings is 1. The number of sulfone groups is 1. The molecule has 98 valence electrons. The molecule has 0 spiro atoms. The predicted octanol–water partition coefficient (Wildman–Crippen LogP) is 1.64. The van der Waals surface area contributed by atoms with Crippen molar-refractivity contribution >= 4 is 20.6 Å². The van der Waals surface area contributed by atoms with Crippen LogP contribution in [0, 0.1) is 0 Å².